The van der Waals surface area contributed by atoms with E-state index in [4.69, 9.17) is 19.7 Å². The lowest BCUT2D eigenvalue weighted by Crippen LogP contribution is -2.28. The van der Waals surface area contributed by atoms with Gasteiger partial charge in [0, 0.05) is 19.2 Å². The van der Waals surface area contributed by atoms with Crippen LogP contribution in [0.2, 0.25) is 0 Å². The molecule has 2 aliphatic rings. The highest BCUT2D eigenvalue weighted by molar-refractivity contribution is 7.21. The predicted octanol–water partition coefficient (Wildman–Crippen LogP) is 6.70. The zero-order valence-corrected chi connectivity index (χ0v) is 22.0. The van der Waals surface area contributed by atoms with Crippen LogP contribution in [0.5, 0.6) is 0 Å². The minimum absolute atomic E-state index is 0. The number of fused-ring (bicyclic) bond motifs is 1. The van der Waals surface area contributed by atoms with E-state index in [1.54, 1.807) is 11.3 Å². The molecule has 0 amide bonds. The first-order chi connectivity index (χ1) is 16.1. The van der Waals surface area contributed by atoms with E-state index in [0.717, 1.165) is 65.4 Å². The second-order valence-electron chi connectivity index (χ2n) is 9.87. The summed E-state index contributed by atoms with van der Waals surface area (Å²) in [4.78, 5) is 14.7. The Morgan fingerprint density at radius 2 is 1.94 bits per heavy atom. The van der Waals surface area contributed by atoms with E-state index in [2.05, 4.69) is 49.6 Å². The molecule has 0 bridgehead atoms. The first-order valence-corrected chi connectivity index (χ1v) is 13.2. The molecule has 6 nitrogen and oxygen atoms in total. The van der Waals surface area contributed by atoms with Crippen LogP contribution < -0.4 is 10.6 Å². The van der Waals surface area contributed by atoms with Crippen molar-refractivity contribution in [3.05, 3.63) is 30.0 Å². The number of para-hydroxylation sites is 1. The molecule has 3 aromatic rings. The van der Waals surface area contributed by atoms with Crippen molar-refractivity contribution in [2.45, 2.75) is 71.4 Å². The van der Waals surface area contributed by atoms with Crippen molar-refractivity contribution in [2.24, 2.45) is 11.8 Å². The molecular formula is C26H36ClN5OS. The molecule has 2 N–H and O–H groups in total. The zero-order valence-electron chi connectivity index (χ0n) is 20.3. The summed E-state index contributed by atoms with van der Waals surface area (Å²) in [5, 5.41) is 8.23. The normalized spacial score (nSPS) is 22.6. The average molecular weight is 502 g/mol. The van der Waals surface area contributed by atoms with Crippen molar-refractivity contribution in [3.8, 4) is 10.6 Å². The van der Waals surface area contributed by atoms with Gasteiger partial charge in [-0.1, -0.05) is 26.0 Å². The SMILES string of the molecule is Cc1nc(NCC2CCCCO2)nc(NC2CCC(C(C)C)C2)c1-c1nc2ccccc2s1.Cl. The maximum atomic E-state index is 5.89. The Labute approximate surface area is 212 Å². The van der Waals surface area contributed by atoms with E-state index in [1.807, 2.05) is 6.07 Å². The quantitative estimate of drug-likeness (QED) is 0.375. The molecule has 1 aliphatic carbocycles. The lowest BCUT2D eigenvalue weighted by atomic mass is 9.94. The Morgan fingerprint density at radius 1 is 1.09 bits per heavy atom. The second-order valence-corrected chi connectivity index (χ2v) is 10.9. The number of hydrogen-bond donors (Lipinski definition) is 2. The van der Waals surface area contributed by atoms with Gasteiger partial charge in [-0.25, -0.2) is 9.97 Å². The Balaban J connectivity index is 0.00000274. The molecule has 34 heavy (non-hydrogen) atoms. The summed E-state index contributed by atoms with van der Waals surface area (Å²) in [7, 11) is 0. The van der Waals surface area contributed by atoms with Gasteiger partial charge in [0.05, 0.1) is 27.6 Å². The molecule has 2 fully saturated rings. The Kier molecular flexibility index (Phi) is 8.27. The van der Waals surface area contributed by atoms with Crippen LogP contribution in [0.4, 0.5) is 11.8 Å². The molecule has 0 radical (unpaired) electrons. The predicted molar refractivity (Wildman–Crippen MR) is 144 cm³/mol. The molecule has 5 rings (SSSR count). The standard InChI is InChI=1S/C26H35N5OS.ClH/c1-16(2)18-11-12-19(14-18)29-24-23(25-30-21-9-4-5-10-22(21)33-25)17(3)28-26(31-24)27-15-20-8-6-7-13-32-20;/h4-5,9-10,16,18-20H,6-8,11-15H2,1-3H3,(H2,27,28,29,31);1H. The molecule has 8 heteroatoms. The van der Waals surface area contributed by atoms with Gasteiger partial charge >= 0.3 is 0 Å². The number of aryl methyl sites for hydroxylation is 1. The highest BCUT2D eigenvalue weighted by Crippen LogP contribution is 2.39. The Hall–Kier alpha value is -1.96. The summed E-state index contributed by atoms with van der Waals surface area (Å²) < 4.78 is 7.08. The van der Waals surface area contributed by atoms with Gasteiger partial charge < -0.3 is 15.4 Å². The summed E-state index contributed by atoms with van der Waals surface area (Å²) in [6.45, 7) is 8.35. The summed E-state index contributed by atoms with van der Waals surface area (Å²) in [6, 6.07) is 8.75. The van der Waals surface area contributed by atoms with Crippen LogP contribution in [0.3, 0.4) is 0 Å². The maximum Gasteiger partial charge on any atom is 0.224 e. The van der Waals surface area contributed by atoms with Crippen molar-refractivity contribution in [2.75, 3.05) is 23.8 Å². The van der Waals surface area contributed by atoms with Crippen molar-refractivity contribution >= 4 is 45.7 Å². The number of hydrogen-bond acceptors (Lipinski definition) is 7. The van der Waals surface area contributed by atoms with Crippen LogP contribution in [0.25, 0.3) is 20.8 Å². The van der Waals surface area contributed by atoms with E-state index in [9.17, 15) is 0 Å². The molecule has 184 valence electrons. The molecule has 0 spiro atoms. The van der Waals surface area contributed by atoms with Crippen molar-refractivity contribution in [1.82, 2.24) is 15.0 Å². The van der Waals surface area contributed by atoms with Crippen molar-refractivity contribution in [3.63, 3.8) is 0 Å². The summed E-state index contributed by atoms with van der Waals surface area (Å²) in [5.41, 5.74) is 3.01. The molecule has 1 saturated heterocycles. The van der Waals surface area contributed by atoms with Gasteiger partial charge in [-0.05, 0) is 69.4 Å². The van der Waals surface area contributed by atoms with Gasteiger partial charge in [0.2, 0.25) is 5.95 Å². The number of benzene rings is 1. The molecule has 1 saturated carbocycles. The minimum atomic E-state index is 0. The van der Waals surface area contributed by atoms with Crippen LogP contribution in [0.1, 0.15) is 58.1 Å². The number of halogens is 1. The molecule has 2 aromatic heterocycles. The third-order valence-electron chi connectivity index (χ3n) is 7.12. The molecule has 3 atom stereocenters. The van der Waals surface area contributed by atoms with Crippen LogP contribution in [-0.2, 0) is 4.74 Å². The number of nitrogens with zero attached hydrogens (tertiary/aromatic N) is 3. The molecule has 3 heterocycles. The topological polar surface area (TPSA) is 72.0 Å². The molecular weight excluding hydrogens is 466 g/mol. The zero-order chi connectivity index (χ0) is 22.8. The van der Waals surface area contributed by atoms with Crippen molar-refractivity contribution in [1.29, 1.82) is 0 Å². The number of thiazole rings is 1. The smallest absolute Gasteiger partial charge is 0.224 e. The van der Waals surface area contributed by atoms with Crippen LogP contribution in [0.15, 0.2) is 24.3 Å². The van der Waals surface area contributed by atoms with E-state index < -0.39 is 0 Å². The fourth-order valence-corrected chi connectivity index (χ4v) is 6.18. The third-order valence-corrected chi connectivity index (χ3v) is 8.17. The van der Waals surface area contributed by atoms with E-state index >= 15 is 0 Å². The van der Waals surface area contributed by atoms with Gasteiger partial charge in [0.15, 0.2) is 0 Å². The molecule has 3 unspecified atom stereocenters. The number of ether oxygens (including phenoxy) is 1. The highest BCUT2D eigenvalue weighted by atomic mass is 35.5. The van der Waals surface area contributed by atoms with E-state index in [-0.39, 0.29) is 18.5 Å². The van der Waals surface area contributed by atoms with E-state index in [1.165, 1.54) is 30.4 Å². The number of nitrogens with one attached hydrogen (secondary N) is 2. The summed E-state index contributed by atoms with van der Waals surface area (Å²) >= 11 is 1.71. The number of rotatable bonds is 7. The van der Waals surface area contributed by atoms with E-state index in [0.29, 0.717) is 12.0 Å². The summed E-state index contributed by atoms with van der Waals surface area (Å²) in [5.74, 6) is 3.08. The van der Waals surface area contributed by atoms with Crippen molar-refractivity contribution < 1.29 is 4.74 Å². The lowest BCUT2D eigenvalue weighted by Gasteiger charge is -2.23. The van der Waals surface area contributed by atoms with Gasteiger partial charge in [-0.15, -0.1) is 23.7 Å². The molecule has 1 aliphatic heterocycles. The average Bonchev–Trinajstić information content (AvgIpc) is 3.45. The van der Waals surface area contributed by atoms with Gasteiger partial charge in [0.1, 0.15) is 10.8 Å². The van der Waals surface area contributed by atoms with Crippen LogP contribution in [-0.4, -0.2) is 40.2 Å². The van der Waals surface area contributed by atoms with Gasteiger partial charge in [-0.2, -0.15) is 4.98 Å². The highest BCUT2D eigenvalue weighted by Gasteiger charge is 2.28. The van der Waals surface area contributed by atoms with Crippen LogP contribution in [0, 0.1) is 18.8 Å². The fourth-order valence-electron chi connectivity index (χ4n) is 5.11. The Morgan fingerprint density at radius 3 is 2.68 bits per heavy atom. The number of aromatic nitrogens is 3. The molecule has 1 aromatic carbocycles. The minimum Gasteiger partial charge on any atom is -0.376 e. The van der Waals surface area contributed by atoms with Gasteiger partial charge in [-0.3, -0.25) is 0 Å². The van der Waals surface area contributed by atoms with Crippen LogP contribution >= 0.6 is 23.7 Å². The first-order valence-electron chi connectivity index (χ1n) is 12.4. The fraction of sp³-hybridized carbons (Fsp3) is 0.577. The number of anilines is 2. The maximum absolute atomic E-state index is 5.89. The lowest BCUT2D eigenvalue weighted by molar-refractivity contribution is 0.0246. The second kappa shape index (κ2) is 11.2. The largest absolute Gasteiger partial charge is 0.376 e. The third kappa shape index (κ3) is 5.64. The monoisotopic (exact) mass is 501 g/mol. The summed E-state index contributed by atoms with van der Waals surface area (Å²) in [6.07, 6.45) is 7.39. The Bertz CT molecular complexity index is 1060. The first kappa shape index (κ1) is 25.1. The van der Waals surface area contributed by atoms with Gasteiger partial charge in [0.25, 0.3) is 0 Å².